The average molecular weight is 524 g/mol. The smallest absolute Gasteiger partial charge is 0.326 e. The zero-order chi connectivity index (χ0) is 26.8. The lowest BCUT2D eigenvalue weighted by atomic mass is 10.0. The number of carboxylic acids is 1. The largest absolute Gasteiger partial charge is 0.508 e. The molecule has 4 amide bonds. The number of carbonyl (C=O) groups excluding carboxylic acids is 4. The quantitative estimate of drug-likeness (QED) is 0.186. The highest BCUT2D eigenvalue weighted by atomic mass is 32.2. The Bertz CT molecular complexity index is 959. The summed E-state index contributed by atoms with van der Waals surface area (Å²) in [7, 11) is 0. The number of hydrogen-bond donors (Lipinski definition) is 6. The highest BCUT2D eigenvalue weighted by molar-refractivity contribution is 7.98. The molecule has 0 bridgehead atoms. The molecule has 1 saturated heterocycles. The third-order valence-electron chi connectivity index (χ3n) is 5.81. The van der Waals surface area contributed by atoms with Crippen LogP contribution in [0.4, 0.5) is 0 Å². The Balaban J connectivity index is 2.10. The summed E-state index contributed by atoms with van der Waals surface area (Å²) >= 11 is 1.45. The van der Waals surface area contributed by atoms with Crippen molar-refractivity contribution in [3.8, 4) is 5.75 Å². The normalized spacial score (nSPS) is 17.6. The molecule has 12 nitrogen and oxygen atoms in total. The lowest BCUT2D eigenvalue weighted by molar-refractivity contribution is -0.143. The number of aromatic hydroxyl groups is 1. The Labute approximate surface area is 213 Å². The van der Waals surface area contributed by atoms with Crippen LogP contribution in [0.25, 0.3) is 0 Å². The molecule has 198 valence electrons. The van der Waals surface area contributed by atoms with E-state index in [9.17, 15) is 34.2 Å². The number of aliphatic carboxylic acids is 1. The van der Waals surface area contributed by atoms with Crippen LogP contribution in [0.3, 0.4) is 0 Å². The molecule has 0 saturated carbocycles. The zero-order valence-electron chi connectivity index (χ0n) is 20.0. The number of nitrogens with zero attached hydrogens (tertiary/aromatic N) is 1. The van der Waals surface area contributed by atoms with E-state index in [1.807, 2.05) is 6.26 Å². The zero-order valence-corrected chi connectivity index (χ0v) is 20.8. The van der Waals surface area contributed by atoms with E-state index in [-0.39, 0.29) is 31.6 Å². The minimum Gasteiger partial charge on any atom is -0.508 e. The molecule has 0 aromatic heterocycles. The van der Waals surface area contributed by atoms with Gasteiger partial charge < -0.3 is 37.2 Å². The van der Waals surface area contributed by atoms with Gasteiger partial charge in [0.15, 0.2) is 0 Å². The van der Waals surface area contributed by atoms with Crippen LogP contribution in [-0.4, -0.2) is 87.4 Å². The fourth-order valence-electron chi connectivity index (χ4n) is 3.93. The predicted octanol–water partition coefficient (Wildman–Crippen LogP) is -1.06. The monoisotopic (exact) mass is 523 g/mol. The number of phenolic OH excluding ortho intramolecular Hbond substituents is 1. The number of amides is 4. The molecule has 1 aromatic carbocycles. The number of carbonyl (C=O) groups is 5. The highest BCUT2D eigenvalue weighted by Gasteiger charge is 2.38. The van der Waals surface area contributed by atoms with Crippen molar-refractivity contribution in [1.29, 1.82) is 0 Å². The average Bonchev–Trinajstić information content (AvgIpc) is 3.31. The van der Waals surface area contributed by atoms with Crippen molar-refractivity contribution >= 4 is 41.4 Å². The summed E-state index contributed by atoms with van der Waals surface area (Å²) < 4.78 is 0. The van der Waals surface area contributed by atoms with Crippen LogP contribution in [0, 0.1) is 0 Å². The highest BCUT2D eigenvalue weighted by Crippen LogP contribution is 2.19. The molecule has 1 aliphatic rings. The van der Waals surface area contributed by atoms with Gasteiger partial charge in [-0.05, 0) is 49.0 Å². The molecule has 1 heterocycles. The summed E-state index contributed by atoms with van der Waals surface area (Å²) in [4.78, 5) is 62.9. The predicted molar refractivity (Wildman–Crippen MR) is 133 cm³/mol. The number of rotatable bonds is 13. The summed E-state index contributed by atoms with van der Waals surface area (Å²) in [6.45, 7) is 0.277. The third kappa shape index (κ3) is 8.41. The summed E-state index contributed by atoms with van der Waals surface area (Å²) in [6, 6.07) is 1.63. The Morgan fingerprint density at radius 2 is 1.81 bits per heavy atom. The van der Waals surface area contributed by atoms with Crippen molar-refractivity contribution in [1.82, 2.24) is 15.5 Å². The fraction of sp³-hybridized carbons (Fsp3) is 0.522. The first-order chi connectivity index (χ1) is 17.0. The lowest BCUT2D eigenvalue weighted by Crippen LogP contribution is -2.57. The number of carboxylic acid groups (broad SMARTS) is 1. The number of primary amides is 1. The molecule has 0 radical (unpaired) electrons. The first kappa shape index (κ1) is 28.9. The van der Waals surface area contributed by atoms with Crippen molar-refractivity contribution in [3.05, 3.63) is 29.8 Å². The molecule has 13 heteroatoms. The number of phenols is 1. The maximum absolute atomic E-state index is 13.1. The molecule has 0 spiro atoms. The second-order valence-corrected chi connectivity index (χ2v) is 9.56. The van der Waals surface area contributed by atoms with Gasteiger partial charge >= 0.3 is 5.97 Å². The van der Waals surface area contributed by atoms with Gasteiger partial charge in [0, 0.05) is 13.0 Å². The van der Waals surface area contributed by atoms with Crippen LogP contribution >= 0.6 is 11.8 Å². The van der Waals surface area contributed by atoms with Crippen molar-refractivity contribution in [3.63, 3.8) is 0 Å². The van der Waals surface area contributed by atoms with Crippen LogP contribution < -0.4 is 22.1 Å². The maximum Gasteiger partial charge on any atom is 0.326 e. The van der Waals surface area contributed by atoms with Gasteiger partial charge in [0.1, 0.15) is 23.9 Å². The number of nitrogens with two attached hydrogens (primary N) is 2. The van der Waals surface area contributed by atoms with Crippen molar-refractivity contribution in [2.24, 2.45) is 11.5 Å². The molecule has 36 heavy (non-hydrogen) atoms. The lowest BCUT2D eigenvalue weighted by Gasteiger charge is -2.28. The van der Waals surface area contributed by atoms with Crippen molar-refractivity contribution < 1.29 is 34.2 Å². The Kier molecular flexibility index (Phi) is 11.0. The van der Waals surface area contributed by atoms with Gasteiger partial charge in [-0.1, -0.05) is 12.1 Å². The molecule has 4 unspecified atom stereocenters. The van der Waals surface area contributed by atoms with E-state index in [0.29, 0.717) is 24.2 Å². The summed E-state index contributed by atoms with van der Waals surface area (Å²) in [5.41, 5.74) is 11.5. The van der Waals surface area contributed by atoms with Gasteiger partial charge in [-0.3, -0.25) is 19.2 Å². The van der Waals surface area contributed by atoms with E-state index in [0.717, 1.165) is 0 Å². The van der Waals surface area contributed by atoms with E-state index < -0.39 is 53.8 Å². The van der Waals surface area contributed by atoms with Crippen LogP contribution in [0.5, 0.6) is 5.75 Å². The topological polar surface area (TPSA) is 205 Å². The van der Waals surface area contributed by atoms with Gasteiger partial charge in [0.25, 0.3) is 0 Å². The minimum absolute atomic E-state index is 0.0206. The summed E-state index contributed by atoms with van der Waals surface area (Å²) in [5.74, 6) is -3.22. The van der Waals surface area contributed by atoms with Crippen LogP contribution in [0.1, 0.15) is 31.2 Å². The molecule has 8 N–H and O–H groups in total. The van der Waals surface area contributed by atoms with Gasteiger partial charge in [0.2, 0.25) is 23.6 Å². The van der Waals surface area contributed by atoms with E-state index in [2.05, 4.69) is 10.6 Å². The molecule has 1 fully saturated rings. The molecule has 1 aromatic rings. The minimum atomic E-state index is -1.26. The number of nitrogens with one attached hydrogen (secondary N) is 2. The van der Waals surface area contributed by atoms with Gasteiger partial charge in [-0.25, -0.2) is 4.79 Å². The second kappa shape index (κ2) is 13.7. The van der Waals surface area contributed by atoms with Gasteiger partial charge in [0.05, 0.1) is 12.5 Å². The van der Waals surface area contributed by atoms with Gasteiger partial charge in [-0.2, -0.15) is 11.8 Å². The van der Waals surface area contributed by atoms with Crippen molar-refractivity contribution in [2.75, 3.05) is 18.6 Å². The van der Waals surface area contributed by atoms with E-state index in [1.165, 1.54) is 28.8 Å². The number of hydrogen-bond acceptors (Lipinski definition) is 8. The SMILES string of the molecule is CSCCC(NC(=O)C1CCCN1C(=O)C(N)CC(N)=O)C(=O)NC(Cc1ccc(O)cc1)C(=O)O. The third-order valence-corrected chi connectivity index (χ3v) is 6.46. The van der Waals surface area contributed by atoms with Crippen LogP contribution in [-0.2, 0) is 30.4 Å². The molecular weight excluding hydrogens is 490 g/mol. The molecule has 4 atom stereocenters. The fourth-order valence-corrected chi connectivity index (χ4v) is 4.40. The summed E-state index contributed by atoms with van der Waals surface area (Å²) in [5, 5.41) is 24.2. The van der Waals surface area contributed by atoms with Crippen molar-refractivity contribution in [2.45, 2.75) is 56.3 Å². The standard InChI is InChI=1S/C23H33N5O7S/c1-36-10-8-16(20(31)27-17(23(34)35)11-13-4-6-14(29)7-5-13)26-21(32)18-3-2-9-28(18)22(33)15(24)12-19(25)30/h4-7,15-18,29H,2-3,8-12,24H2,1H3,(H2,25,30)(H,26,32)(H,27,31)(H,34,35). The first-order valence-corrected chi connectivity index (χ1v) is 12.9. The van der Waals surface area contributed by atoms with E-state index in [1.54, 1.807) is 12.1 Å². The first-order valence-electron chi connectivity index (χ1n) is 11.5. The number of thioether (sulfide) groups is 1. The number of benzene rings is 1. The second-order valence-electron chi connectivity index (χ2n) is 8.58. The number of likely N-dealkylation sites (tertiary alicyclic amines) is 1. The Morgan fingerprint density at radius 3 is 2.39 bits per heavy atom. The van der Waals surface area contributed by atoms with E-state index in [4.69, 9.17) is 11.5 Å². The van der Waals surface area contributed by atoms with E-state index >= 15 is 0 Å². The van der Waals surface area contributed by atoms with Gasteiger partial charge in [-0.15, -0.1) is 0 Å². The van der Waals surface area contributed by atoms with Crippen LogP contribution in [0.2, 0.25) is 0 Å². The molecular formula is C23H33N5O7S. The van der Waals surface area contributed by atoms with Crippen LogP contribution in [0.15, 0.2) is 24.3 Å². The Morgan fingerprint density at radius 1 is 1.14 bits per heavy atom. The molecule has 2 rings (SSSR count). The molecule has 1 aliphatic heterocycles. The maximum atomic E-state index is 13.1. The Hall–Kier alpha value is -3.32. The summed E-state index contributed by atoms with van der Waals surface area (Å²) in [6.07, 6.45) is 2.61. The molecule has 0 aliphatic carbocycles.